The first-order chi connectivity index (χ1) is 9.65. The van der Waals surface area contributed by atoms with Crippen molar-refractivity contribution >= 4 is 0 Å². The Bertz CT molecular complexity index is 540. The van der Waals surface area contributed by atoms with E-state index in [0.29, 0.717) is 6.04 Å². The van der Waals surface area contributed by atoms with E-state index in [-0.39, 0.29) is 0 Å². The normalized spacial score (nSPS) is 12.8. The Morgan fingerprint density at radius 3 is 2.75 bits per heavy atom. The van der Waals surface area contributed by atoms with Crippen LogP contribution in [0.25, 0.3) is 0 Å². The van der Waals surface area contributed by atoms with E-state index in [1.165, 1.54) is 11.3 Å². The fourth-order valence-corrected chi connectivity index (χ4v) is 2.27. The molecule has 110 valence electrons. The lowest BCUT2D eigenvalue weighted by molar-refractivity contribution is 0.451. The molecule has 0 fully saturated rings. The number of hydrogen-bond donors (Lipinski definition) is 1. The summed E-state index contributed by atoms with van der Waals surface area (Å²) in [6, 6.07) is 2.54. The fourth-order valence-electron chi connectivity index (χ4n) is 2.27. The summed E-state index contributed by atoms with van der Waals surface area (Å²) in [5.41, 5.74) is 3.61. The van der Waals surface area contributed by atoms with Crippen LogP contribution in [0.2, 0.25) is 0 Å². The van der Waals surface area contributed by atoms with Crippen molar-refractivity contribution in [1.82, 2.24) is 24.9 Å². The van der Waals surface area contributed by atoms with Gasteiger partial charge in [0.25, 0.3) is 0 Å². The smallest absolute Gasteiger partial charge is 0.0638 e. The van der Waals surface area contributed by atoms with E-state index in [1.54, 1.807) is 0 Å². The van der Waals surface area contributed by atoms with Gasteiger partial charge in [-0.15, -0.1) is 0 Å². The van der Waals surface area contributed by atoms with Crippen LogP contribution in [0.4, 0.5) is 0 Å². The van der Waals surface area contributed by atoms with Gasteiger partial charge in [0.15, 0.2) is 0 Å². The van der Waals surface area contributed by atoms with Crippen LogP contribution >= 0.6 is 0 Å². The molecule has 0 radical (unpaired) electrons. The van der Waals surface area contributed by atoms with Gasteiger partial charge in [0.05, 0.1) is 11.4 Å². The molecule has 0 spiro atoms. The van der Waals surface area contributed by atoms with Gasteiger partial charge in [0.2, 0.25) is 0 Å². The largest absolute Gasteiger partial charge is 0.307 e. The molecule has 2 aromatic rings. The lowest BCUT2D eigenvalue weighted by Gasteiger charge is -2.14. The topological polar surface area (TPSA) is 47.7 Å². The Balaban J connectivity index is 1.93. The minimum atomic E-state index is 0.450. The Labute approximate surface area is 121 Å². The van der Waals surface area contributed by atoms with Crippen molar-refractivity contribution in [3.8, 4) is 0 Å². The summed E-state index contributed by atoms with van der Waals surface area (Å²) < 4.78 is 4.09. The zero-order chi connectivity index (χ0) is 14.5. The molecule has 0 aliphatic carbocycles. The zero-order valence-corrected chi connectivity index (χ0v) is 12.9. The summed E-state index contributed by atoms with van der Waals surface area (Å²) in [7, 11) is 0. The van der Waals surface area contributed by atoms with Crippen LogP contribution in [0.5, 0.6) is 0 Å². The maximum Gasteiger partial charge on any atom is 0.0638 e. The Kier molecular flexibility index (Phi) is 4.95. The summed E-state index contributed by atoms with van der Waals surface area (Å²) in [6.07, 6.45) is 5.09. The monoisotopic (exact) mass is 275 g/mol. The van der Waals surface area contributed by atoms with Crippen LogP contribution in [-0.4, -0.2) is 19.6 Å². The second kappa shape index (κ2) is 6.70. The van der Waals surface area contributed by atoms with E-state index >= 15 is 0 Å². The van der Waals surface area contributed by atoms with Gasteiger partial charge in [-0.3, -0.25) is 9.36 Å². The molecular formula is C15H25N5. The van der Waals surface area contributed by atoms with Crippen molar-refractivity contribution in [3.63, 3.8) is 0 Å². The van der Waals surface area contributed by atoms with Gasteiger partial charge in [0, 0.05) is 43.6 Å². The molecule has 2 aromatic heterocycles. The molecule has 2 heterocycles. The van der Waals surface area contributed by atoms with E-state index in [4.69, 9.17) is 0 Å². The third-order valence-electron chi connectivity index (χ3n) is 3.75. The average Bonchev–Trinajstić information content (AvgIpc) is 3.05. The highest BCUT2D eigenvalue weighted by Gasteiger charge is 2.08. The van der Waals surface area contributed by atoms with Crippen LogP contribution in [0.1, 0.15) is 50.2 Å². The van der Waals surface area contributed by atoms with Crippen LogP contribution in [0.15, 0.2) is 18.5 Å². The van der Waals surface area contributed by atoms with E-state index < -0.39 is 0 Å². The first-order valence-electron chi connectivity index (χ1n) is 7.41. The predicted octanol–water partition coefficient (Wildman–Crippen LogP) is 2.67. The molecule has 0 saturated carbocycles. The molecule has 0 saturated heterocycles. The molecule has 0 aromatic carbocycles. The number of aryl methyl sites for hydroxylation is 2. The Morgan fingerprint density at radius 2 is 2.10 bits per heavy atom. The molecule has 0 aliphatic rings. The number of aromatic nitrogens is 4. The predicted molar refractivity (Wildman–Crippen MR) is 80.4 cm³/mol. The molecule has 0 amide bonds. The van der Waals surface area contributed by atoms with Gasteiger partial charge in [0.1, 0.15) is 0 Å². The number of hydrogen-bond acceptors (Lipinski definition) is 3. The SMILES string of the molecule is CC[C@@H](C)n1nccc1CNCc1cn(CC)nc1C. The van der Waals surface area contributed by atoms with Crippen molar-refractivity contribution in [1.29, 1.82) is 0 Å². The first-order valence-corrected chi connectivity index (χ1v) is 7.41. The second-order valence-electron chi connectivity index (χ2n) is 5.22. The molecule has 0 bridgehead atoms. The molecular weight excluding hydrogens is 250 g/mol. The highest BCUT2D eigenvalue weighted by Crippen LogP contribution is 2.12. The first kappa shape index (κ1) is 14.8. The molecule has 2 rings (SSSR count). The van der Waals surface area contributed by atoms with Crippen LogP contribution < -0.4 is 5.32 Å². The Hall–Kier alpha value is -1.62. The van der Waals surface area contributed by atoms with E-state index in [1.807, 2.05) is 10.9 Å². The summed E-state index contributed by atoms with van der Waals surface area (Å²) in [6.45, 7) is 11.2. The molecule has 1 atom stereocenters. The van der Waals surface area contributed by atoms with Crippen molar-refractivity contribution in [2.45, 2.75) is 59.8 Å². The maximum atomic E-state index is 4.46. The van der Waals surface area contributed by atoms with E-state index in [9.17, 15) is 0 Å². The van der Waals surface area contributed by atoms with E-state index in [0.717, 1.165) is 31.7 Å². The molecule has 20 heavy (non-hydrogen) atoms. The lowest BCUT2D eigenvalue weighted by Crippen LogP contribution is -2.18. The number of nitrogens with zero attached hydrogens (tertiary/aromatic N) is 4. The fraction of sp³-hybridized carbons (Fsp3) is 0.600. The van der Waals surface area contributed by atoms with Gasteiger partial charge in [-0.1, -0.05) is 6.92 Å². The number of rotatable bonds is 7. The molecule has 1 N–H and O–H groups in total. The highest BCUT2D eigenvalue weighted by molar-refractivity contribution is 5.15. The van der Waals surface area contributed by atoms with Crippen LogP contribution in [0, 0.1) is 6.92 Å². The lowest BCUT2D eigenvalue weighted by atomic mass is 10.2. The maximum absolute atomic E-state index is 4.46. The van der Waals surface area contributed by atoms with Gasteiger partial charge >= 0.3 is 0 Å². The van der Waals surface area contributed by atoms with Gasteiger partial charge < -0.3 is 5.32 Å². The van der Waals surface area contributed by atoms with Gasteiger partial charge in [-0.25, -0.2) is 0 Å². The van der Waals surface area contributed by atoms with Crippen LogP contribution in [-0.2, 0) is 19.6 Å². The highest BCUT2D eigenvalue weighted by atomic mass is 15.3. The quantitative estimate of drug-likeness (QED) is 0.845. The Morgan fingerprint density at radius 1 is 1.30 bits per heavy atom. The summed E-state index contributed by atoms with van der Waals surface area (Å²) in [4.78, 5) is 0. The van der Waals surface area contributed by atoms with Crippen molar-refractivity contribution < 1.29 is 0 Å². The number of nitrogens with one attached hydrogen (secondary N) is 1. The van der Waals surface area contributed by atoms with Crippen molar-refractivity contribution in [2.24, 2.45) is 0 Å². The minimum absolute atomic E-state index is 0.450. The average molecular weight is 275 g/mol. The van der Waals surface area contributed by atoms with Crippen molar-refractivity contribution in [2.75, 3.05) is 0 Å². The third kappa shape index (κ3) is 3.28. The minimum Gasteiger partial charge on any atom is -0.307 e. The van der Waals surface area contributed by atoms with E-state index in [2.05, 4.69) is 60.2 Å². The summed E-state index contributed by atoms with van der Waals surface area (Å²) in [5, 5.41) is 12.4. The van der Waals surface area contributed by atoms with Crippen molar-refractivity contribution in [3.05, 3.63) is 35.4 Å². The third-order valence-corrected chi connectivity index (χ3v) is 3.75. The summed E-state index contributed by atoms with van der Waals surface area (Å²) >= 11 is 0. The zero-order valence-electron chi connectivity index (χ0n) is 12.9. The van der Waals surface area contributed by atoms with Gasteiger partial charge in [-0.05, 0) is 33.3 Å². The molecule has 0 aliphatic heterocycles. The molecule has 0 unspecified atom stereocenters. The van der Waals surface area contributed by atoms with Gasteiger partial charge in [-0.2, -0.15) is 10.2 Å². The second-order valence-corrected chi connectivity index (χ2v) is 5.22. The molecule has 5 nitrogen and oxygen atoms in total. The molecule has 5 heteroatoms. The van der Waals surface area contributed by atoms with Crippen LogP contribution in [0.3, 0.4) is 0 Å². The summed E-state index contributed by atoms with van der Waals surface area (Å²) in [5.74, 6) is 0. The standard InChI is InChI=1S/C15H25N5/c1-5-12(3)20-15(7-8-17-20)10-16-9-14-11-19(6-2)18-13(14)4/h7-8,11-12,16H,5-6,9-10H2,1-4H3/t12-/m1/s1.